The lowest BCUT2D eigenvalue weighted by Crippen LogP contribution is -2.38. The second kappa shape index (κ2) is 9.42. The predicted molar refractivity (Wildman–Crippen MR) is 69.5 cm³/mol. The van der Waals surface area contributed by atoms with Crippen LogP contribution in [0.5, 0.6) is 0 Å². The van der Waals surface area contributed by atoms with E-state index in [1.807, 2.05) is 5.48 Å². The van der Waals surface area contributed by atoms with Crippen LogP contribution in [0.1, 0.15) is 33.1 Å². The number of nitrogens with one attached hydrogen (secondary N) is 1. The Morgan fingerprint density at radius 1 is 1.32 bits per heavy atom. The van der Waals surface area contributed by atoms with Crippen LogP contribution in [-0.4, -0.2) is 41.6 Å². The zero-order valence-electron chi connectivity index (χ0n) is 11.3. The van der Waals surface area contributed by atoms with Crippen LogP contribution in [0.25, 0.3) is 0 Å². The summed E-state index contributed by atoms with van der Waals surface area (Å²) in [6.45, 7) is 3.57. The van der Waals surface area contributed by atoms with Gasteiger partial charge in [-0.2, -0.15) is 0 Å². The fraction of sp³-hybridized carbons (Fsp3) is 0.727. The second-order valence-corrected chi connectivity index (χ2v) is 4.21. The Balaban J connectivity index is 3.83. The van der Waals surface area contributed by atoms with Crippen LogP contribution < -0.4 is 16.9 Å². The zero-order chi connectivity index (χ0) is 14.8. The molecule has 0 unspecified atom stereocenters. The minimum atomic E-state index is -0.848. The molecule has 0 saturated heterocycles. The molecule has 0 aromatic heterocycles. The molecule has 0 amide bonds. The largest absolute Gasteiger partial charge is 0.391 e. The number of hydrogen-bond acceptors (Lipinski definition) is 7. The summed E-state index contributed by atoms with van der Waals surface area (Å²) in [6.07, 6.45) is 1.76. The molecular formula is C11H22N4O4. The molecule has 0 aromatic rings. The van der Waals surface area contributed by atoms with Crippen molar-refractivity contribution in [1.29, 1.82) is 0 Å². The van der Waals surface area contributed by atoms with Crippen molar-refractivity contribution in [2.75, 3.05) is 6.54 Å². The van der Waals surface area contributed by atoms with E-state index in [4.69, 9.17) is 16.7 Å². The summed E-state index contributed by atoms with van der Waals surface area (Å²) in [5, 5.41) is 8.48. The Kier molecular flexibility index (Phi) is 8.68. The maximum Gasteiger partial charge on any atom is 0.330 e. The van der Waals surface area contributed by atoms with Gasteiger partial charge in [0.1, 0.15) is 17.9 Å². The van der Waals surface area contributed by atoms with Gasteiger partial charge in [-0.05, 0) is 33.1 Å². The maximum absolute atomic E-state index is 11.4. The van der Waals surface area contributed by atoms with Crippen LogP contribution in [0, 0.1) is 0 Å². The molecule has 0 aromatic carbocycles. The Morgan fingerprint density at radius 3 is 2.47 bits per heavy atom. The minimum absolute atomic E-state index is 0.395. The molecule has 0 aliphatic heterocycles. The Labute approximate surface area is 112 Å². The van der Waals surface area contributed by atoms with E-state index in [9.17, 15) is 9.59 Å². The summed E-state index contributed by atoms with van der Waals surface area (Å²) in [5.41, 5.74) is 12.8. The van der Waals surface area contributed by atoms with E-state index < -0.39 is 24.0 Å². The molecular weight excluding hydrogens is 252 g/mol. The van der Waals surface area contributed by atoms with Crippen molar-refractivity contribution in [2.24, 2.45) is 16.5 Å². The second-order valence-electron chi connectivity index (χ2n) is 4.21. The molecule has 0 saturated carbocycles. The highest BCUT2D eigenvalue weighted by molar-refractivity contribution is 5.90. The van der Waals surface area contributed by atoms with Crippen molar-refractivity contribution in [3.05, 3.63) is 0 Å². The van der Waals surface area contributed by atoms with E-state index in [0.29, 0.717) is 31.6 Å². The van der Waals surface area contributed by atoms with Gasteiger partial charge >= 0.3 is 11.9 Å². The van der Waals surface area contributed by atoms with Crippen LogP contribution in [0.15, 0.2) is 4.99 Å². The first-order valence-electron chi connectivity index (χ1n) is 6.06. The molecule has 0 aliphatic carbocycles. The number of carbonyl (C=O) groups is 2. The predicted octanol–water partition coefficient (Wildman–Crippen LogP) is -0.702. The van der Waals surface area contributed by atoms with Gasteiger partial charge in [-0.1, -0.05) is 0 Å². The van der Waals surface area contributed by atoms with Crippen LogP contribution in [0.4, 0.5) is 0 Å². The van der Waals surface area contributed by atoms with Crippen LogP contribution in [0.2, 0.25) is 0 Å². The average Bonchev–Trinajstić information content (AvgIpc) is 2.37. The van der Waals surface area contributed by atoms with Crippen molar-refractivity contribution in [1.82, 2.24) is 5.48 Å². The van der Waals surface area contributed by atoms with Crippen LogP contribution in [-0.2, 0) is 14.3 Å². The SMILES string of the molecule is CC(=NCCCC[C@H](N)C(=O)OC(=O)[C@H](C)N)NO. The molecule has 0 heterocycles. The highest BCUT2D eigenvalue weighted by Gasteiger charge is 2.20. The van der Waals surface area contributed by atoms with Gasteiger partial charge in [0.2, 0.25) is 0 Å². The number of ether oxygens (including phenoxy) is 1. The number of hydroxylamine groups is 1. The standard InChI is InChI=1S/C11H22N4O4/c1-7(12)10(16)19-11(17)9(13)5-3-4-6-14-8(2)15-18/h7,9,18H,3-6,12-13H2,1-2H3,(H,14,15)/t7-,9-/m0/s1. The first kappa shape index (κ1) is 17.5. The van der Waals surface area contributed by atoms with E-state index in [-0.39, 0.29) is 0 Å². The molecule has 2 atom stereocenters. The van der Waals surface area contributed by atoms with Crippen LogP contribution >= 0.6 is 0 Å². The monoisotopic (exact) mass is 274 g/mol. The quantitative estimate of drug-likeness (QED) is 0.120. The van der Waals surface area contributed by atoms with Crippen molar-refractivity contribution in [2.45, 2.75) is 45.2 Å². The number of aliphatic imine (C=N–C) groups is 1. The number of nitrogens with zero attached hydrogens (tertiary/aromatic N) is 1. The zero-order valence-corrected chi connectivity index (χ0v) is 11.3. The van der Waals surface area contributed by atoms with E-state index in [1.54, 1.807) is 6.92 Å². The number of carbonyl (C=O) groups excluding carboxylic acids is 2. The fourth-order valence-electron chi connectivity index (χ4n) is 1.14. The smallest absolute Gasteiger partial charge is 0.330 e. The van der Waals surface area contributed by atoms with Crippen molar-refractivity contribution in [3.63, 3.8) is 0 Å². The summed E-state index contributed by atoms with van der Waals surface area (Å²) in [4.78, 5) is 26.4. The van der Waals surface area contributed by atoms with Gasteiger partial charge in [0.25, 0.3) is 0 Å². The minimum Gasteiger partial charge on any atom is -0.391 e. The normalized spacial score (nSPS) is 14.7. The van der Waals surface area contributed by atoms with Crippen LogP contribution in [0.3, 0.4) is 0 Å². The number of hydrogen-bond donors (Lipinski definition) is 4. The highest BCUT2D eigenvalue weighted by Crippen LogP contribution is 2.02. The molecule has 0 fully saturated rings. The average molecular weight is 274 g/mol. The van der Waals surface area contributed by atoms with Crippen molar-refractivity contribution < 1.29 is 19.5 Å². The molecule has 6 N–H and O–H groups in total. The van der Waals surface area contributed by atoms with Gasteiger partial charge in [0, 0.05) is 6.54 Å². The third kappa shape index (κ3) is 8.25. The Morgan fingerprint density at radius 2 is 1.95 bits per heavy atom. The lowest BCUT2D eigenvalue weighted by Gasteiger charge is -2.11. The molecule has 0 radical (unpaired) electrons. The lowest BCUT2D eigenvalue weighted by atomic mass is 10.1. The van der Waals surface area contributed by atoms with E-state index >= 15 is 0 Å². The highest BCUT2D eigenvalue weighted by atomic mass is 16.6. The Bertz CT molecular complexity index is 331. The van der Waals surface area contributed by atoms with Gasteiger partial charge in [0.15, 0.2) is 0 Å². The summed E-state index contributed by atoms with van der Waals surface area (Å²) >= 11 is 0. The number of rotatable bonds is 7. The molecule has 8 heteroatoms. The molecule has 19 heavy (non-hydrogen) atoms. The van der Waals surface area contributed by atoms with Gasteiger partial charge in [-0.25, -0.2) is 9.59 Å². The lowest BCUT2D eigenvalue weighted by molar-refractivity contribution is -0.161. The summed E-state index contributed by atoms with van der Waals surface area (Å²) in [6, 6.07) is -1.69. The molecule has 0 rings (SSSR count). The van der Waals surface area contributed by atoms with Gasteiger partial charge in [0.05, 0.1) is 0 Å². The molecule has 0 aliphatic rings. The third-order valence-electron chi connectivity index (χ3n) is 2.31. The summed E-state index contributed by atoms with van der Waals surface area (Å²) in [7, 11) is 0. The molecule has 110 valence electrons. The van der Waals surface area contributed by atoms with E-state index in [2.05, 4.69) is 9.73 Å². The first-order valence-corrected chi connectivity index (χ1v) is 6.06. The molecule has 0 bridgehead atoms. The number of unbranched alkanes of at least 4 members (excludes halogenated alkanes) is 1. The fourth-order valence-corrected chi connectivity index (χ4v) is 1.14. The van der Waals surface area contributed by atoms with Gasteiger partial charge < -0.3 is 16.2 Å². The number of amidine groups is 1. The molecule has 0 spiro atoms. The topological polar surface area (TPSA) is 140 Å². The van der Waals surface area contributed by atoms with E-state index in [0.717, 1.165) is 0 Å². The first-order chi connectivity index (χ1) is 8.88. The number of nitrogens with two attached hydrogens (primary N) is 2. The Hall–Kier alpha value is -1.51. The number of esters is 2. The van der Waals surface area contributed by atoms with Crippen molar-refractivity contribution in [3.8, 4) is 0 Å². The van der Waals surface area contributed by atoms with Gasteiger partial charge in [-0.15, -0.1) is 0 Å². The summed E-state index contributed by atoms with van der Waals surface area (Å²) < 4.78 is 4.49. The summed E-state index contributed by atoms with van der Waals surface area (Å²) in [5.74, 6) is -1.13. The third-order valence-corrected chi connectivity index (χ3v) is 2.31. The van der Waals surface area contributed by atoms with E-state index in [1.165, 1.54) is 6.92 Å². The van der Waals surface area contributed by atoms with Gasteiger partial charge in [-0.3, -0.25) is 15.7 Å². The maximum atomic E-state index is 11.4. The van der Waals surface area contributed by atoms with Crippen molar-refractivity contribution >= 4 is 17.8 Å². The molecule has 8 nitrogen and oxygen atoms in total.